The predicted molar refractivity (Wildman–Crippen MR) is 115 cm³/mol. The van der Waals surface area contributed by atoms with Gasteiger partial charge in [0.1, 0.15) is 17.5 Å². The van der Waals surface area contributed by atoms with Crippen molar-refractivity contribution >= 4 is 44.9 Å². The first-order valence-electron chi connectivity index (χ1n) is 9.12. The largest absolute Gasteiger partial charge is 0.368 e. The molecule has 0 bridgehead atoms. The minimum Gasteiger partial charge on any atom is -0.368 e. The molecule has 1 saturated heterocycles. The summed E-state index contributed by atoms with van der Waals surface area (Å²) in [6.07, 6.45) is 3.32. The number of hydrogen-bond donors (Lipinski definition) is 2. The lowest BCUT2D eigenvalue weighted by molar-refractivity contribution is 0.586. The number of rotatable bonds is 5. The van der Waals surface area contributed by atoms with Gasteiger partial charge in [0, 0.05) is 47.0 Å². The van der Waals surface area contributed by atoms with Crippen molar-refractivity contribution in [1.82, 2.24) is 15.0 Å². The van der Waals surface area contributed by atoms with Crippen LogP contribution in [-0.4, -0.2) is 48.0 Å². The van der Waals surface area contributed by atoms with E-state index < -0.39 is 9.84 Å². The van der Waals surface area contributed by atoms with Gasteiger partial charge in [0.15, 0.2) is 9.84 Å². The Morgan fingerprint density at radius 1 is 1.07 bits per heavy atom. The monoisotopic (exact) mass is 446 g/mol. The number of pyridine rings is 1. The van der Waals surface area contributed by atoms with Crippen molar-refractivity contribution in [2.45, 2.75) is 9.79 Å². The van der Waals surface area contributed by atoms with E-state index in [1.807, 2.05) is 17.0 Å². The van der Waals surface area contributed by atoms with Crippen molar-refractivity contribution in [3.05, 3.63) is 54.6 Å². The first kappa shape index (κ1) is 20.4. The maximum atomic E-state index is 14.6. The van der Waals surface area contributed by atoms with Crippen LogP contribution in [0.3, 0.4) is 0 Å². The third kappa shape index (κ3) is 4.97. The van der Waals surface area contributed by atoms with Gasteiger partial charge in [-0.3, -0.25) is 4.98 Å². The zero-order chi connectivity index (χ0) is 21.1. The second kappa shape index (κ2) is 8.44. The molecule has 3 heterocycles. The maximum absolute atomic E-state index is 14.6. The number of nitrogens with one attached hydrogen (secondary N) is 1. The summed E-state index contributed by atoms with van der Waals surface area (Å²) in [5.74, 6) is 0.757. The molecule has 11 heteroatoms. The highest BCUT2D eigenvalue weighted by atomic mass is 32.2. The van der Waals surface area contributed by atoms with Gasteiger partial charge in [-0.1, -0.05) is 11.8 Å². The molecule has 1 aliphatic rings. The van der Waals surface area contributed by atoms with E-state index in [2.05, 4.69) is 20.3 Å². The topological polar surface area (TPSA) is 114 Å². The number of nitrogen functional groups attached to an aromatic ring is 1. The van der Waals surface area contributed by atoms with Crippen molar-refractivity contribution < 1.29 is 12.8 Å². The molecule has 1 aromatic carbocycles. The van der Waals surface area contributed by atoms with Gasteiger partial charge in [0.25, 0.3) is 0 Å². The molecule has 8 nitrogen and oxygen atoms in total. The highest BCUT2D eigenvalue weighted by molar-refractivity contribution is 7.99. The van der Waals surface area contributed by atoms with Gasteiger partial charge in [-0.2, -0.15) is 9.97 Å². The van der Waals surface area contributed by atoms with E-state index in [1.165, 1.54) is 17.8 Å². The molecule has 3 N–H and O–H groups in total. The number of benzene rings is 1. The summed E-state index contributed by atoms with van der Waals surface area (Å²) in [6, 6.07) is 10.1. The molecule has 0 radical (unpaired) electrons. The molecule has 0 saturated carbocycles. The minimum atomic E-state index is -3.00. The summed E-state index contributed by atoms with van der Waals surface area (Å²) in [7, 11) is -3.00. The molecule has 0 spiro atoms. The summed E-state index contributed by atoms with van der Waals surface area (Å²) in [4.78, 5) is 15.5. The smallest absolute Gasteiger partial charge is 0.223 e. The van der Waals surface area contributed by atoms with Crippen LogP contribution in [0.5, 0.6) is 0 Å². The molecular weight excluding hydrogens is 427 g/mol. The van der Waals surface area contributed by atoms with Gasteiger partial charge < -0.3 is 16.0 Å². The van der Waals surface area contributed by atoms with Gasteiger partial charge in [-0.15, -0.1) is 0 Å². The van der Waals surface area contributed by atoms with Crippen molar-refractivity contribution in [2.24, 2.45) is 0 Å². The third-order valence-electron chi connectivity index (χ3n) is 4.48. The molecule has 4 rings (SSSR count). The standard InChI is InChI=1S/C19H19FN6O2S2/c20-15-11-13(1-2-16(15)29-14-3-5-22-6-4-14)23-17-12-18(25-19(21)24-17)26-7-9-30(27,28)10-8-26/h1-6,11-12H,7-10H2,(H3,21,23,24,25). The predicted octanol–water partition coefficient (Wildman–Crippen LogP) is 2.72. The van der Waals surface area contributed by atoms with Crippen molar-refractivity contribution in [1.29, 1.82) is 0 Å². The summed E-state index contributed by atoms with van der Waals surface area (Å²) >= 11 is 1.31. The fraction of sp³-hybridized carbons (Fsp3) is 0.211. The number of hydrogen-bond acceptors (Lipinski definition) is 9. The lowest BCUT2D eigenvalue weighted by Gasteiger charge is -2.28. The number of sulfone groups is 1. The maximum Gasteiger partial charge on any atom is 0.223 e. The van der Waals surface area contributed by atoms with Crippen LogP contribution in [0.1, 0.15) is 0 Å². The Morgan fingerprint density at radius 3 is 2.50 bits per heavy atom. The zero-order valence-electron chi connectivity index (χ0n) is 15.8. The molecule has 2 aromatic heterocycles. The summed E-state index contributed by atoms with van der Waals surface area (Å²) in [5.41, 5.74) is 6.33. The third-order valence-corrected chi connectivity index (χ3v) is 7.15. The number of nitrogens with two attached hydrogens (primary N) is 1. The van der Waals surface area contributed by atoms with Crippen molar-refractivity contribution in [2.75, 3.05) is 40.5 Å². The normalized spacial score (nSPS) is 15.7. The Balaban J connectivity index is 1.50. The van der Waals surface area contributed by atoms with Gasteiger partial charge in [0.05, 0.1) is 11.5 Å². The van der Waals surface area contributed by atoms with E-state index in [1.54, 1.807) is 30.6 Å². The Bertz CT molecular complexity index is 1150. The second-order valence-electron chi connectivity index (χ2n) is 6.66. The van der Waals surface area contributed by atoms with Crippen molar-refractivity contribution in [3.63, 3.8) is 0 Å². The Labute approximate surface area is 177 Å². The highest BCUT2D eigenvalue weighted by Crippen LogP contribution is 2.31. The van der Waals surface area contributed by atoms with E-state index in [4.69, 9.17) is 5.73 Å². The summed E-state index contributed by atoms with van der Waals surface area (Å²) in [5, 5.41) is 3.04. The van der Waals surface area contributed by atoms with Gasteiger partial charge in [-0.25, -0.2) is 12.8 Å². The van der Waals surface area contributed by atoms with E-state index >= 15 is 0 Å². The Kier molecular flexibility index (Phi) is 5.73. The van der Waals surface area contributed by atoms with Crippen LogP contribution in [0.2, 0.25) is 0 Å². The van der Waals surface area contributed by atoms with Crippen LogP contribution in [0.15, 0.2) is 58.6 Å². The summed E-state index contributed by atoms with van der Waals surface area (Å²) < 4.78 is 37.8. The van der Waals surface area contributed by atoms with Crippen LogP contribution in [0.25, 0.3) is 0 Å². The molecule has 0 amide bonds. The first-order valence-corrected chi connectivity index (χ1v) is 11.8. The SMILES string of the molecule is Nc1nc(Nc2ccc(Sc3ccncc3)c(F)c2)cc(N2CCS(=O)(=O)CC2)n1. The zero-order valence-corrected chi connectivity index (χ0v) is 17.5. The first-order chi connectivity index (χ1) is 14.4. The van der Waals surface area contributed by atoms with Crippen LogP contribution in [0, 0.1) is 5.82 Å². The van der Waals surface area contributed by atoms with Gasteiger partial charge in [0.2, 0.25) is 5.95 Å². The van der Waals surface area contributed by atoms with Crippen LogP contribution >= 0.6 is 11.8 Å². The fourth-order valence-corrected chi connectivity index (χ4v) is 4.97. The molecule has 0 atom stereocenters. The Hall–Kier alpha value is -2.92. The van der Waals surface area contributed by atoms with Crippen molar-refractivity contribution in [3.8, 4) is 0 Å². The molecule has 0 aliphatic carbocycles. The minimum absolute atomic E-state index is 0.0498. The van der Waals surface area contributed by atoms with Crippen LogP contribution in [0.4, 0.5) is 27.7 Å². The lowest BCUT2D eigenvalue weighted by atomic mass is 10.3. The molecule has 30 heavy (non-hydrogen) atoms. The van der Waals surface area contributed by atoms with E-state index in [9.17, 15) is 12.8 Å². The molecule has 1 aliphatic heterocycles. The van der Waals surface area contributed by atoms with Gasteiger partial charge in [-0.05, 0) is 30.3 Å². The molecule has 0 unspecified atom stereocenters. The highest BCUT2D eigenvalue weighted by Gasteiger charge is 2.23. The lowest BCUT2D eigenvalue weighted by Crippen LogP contribution is -2.40. The Morgan fingerprint density at radius 2 is 1.80 bits per heavy atom. The fourth-order valence-electron chi connectivity index (χ4n) is 2.96. The number of nitrogens with zero attached hydrogens (tertiary/aromatic N) is 4. The van der Waals surface area contributed by atoms with E-state index in [0.29, 0.717) is 35.3 Å². The van der Waals surface area contributed by atoms with Crippen LogP contribution in [-0.2, 0) is 9.84 Å². The van der Waals surface area contributed by atoms with E-state index in [-0.39, 0.29) is 23.3 Å². The number of anilines is 4. The van der Waals surface area contributed by atoms with E-state index in [0.717, 1.165) is 4.90 Å². The summed E-state index contributed by atoms with van der Waals surface area (Å²) in [6.45, 7) is 0.682. The molecular formula is C19H19FN6O2S2. The average Bonchev–Trinajstić information content (AvgIpc) is 2.70. The molecule has 1 fully saturated rings. The quantitative estimate of drug-likeness (QED) is 0.610. The number of aromatic nitrogens is 3. The molecule has 156 valence electrons. The number of halogens is 1. The average molecular weight is 447 g/mol. The van der Waals surface area contributed by atoms with Gasteiger partial charge >= 0.3 is 0 Å². The second-order valence-corrected chi connectivity index (χ2v) is 10.1. The molecule has 3 aromatic rings. The van der Waals surface area contributed by atoms with Crippen LogP contribution < -0.4 is 16.0 Å².